The van der Waals surface area contributed by atoms with Gasteiger partial charge < -0.3 is 15.4 Å². The quantitative estimate of drug-likeness (QED) is 0.878. The number of rotatable bonds is 6. The molecule has 0 unspecified atom stereocenters. The number of benzene rings is 2. The van der Waals surface area contributed by atoms with Crippen LogP contribution in [0.5, 0.6) is 5.75 Å². The highest BCUT2D eigenvalue weighted by molar-refractivity contribution is 5.48. The van der Waals surface area contributed by atoms with Crippen LogP contribution in [0.3, 0.4) is 0 Å². The summed E-state index contributed by atoms with van der Waals surface area (Å²) in [6.07, 6.45) is 0.957. The van der Waals surface area contributed by atoms with Gasteiger partial charge in [-0.05, 0) is 41.8 Å². The number of hydrogen-bond acceptors (Lipinski definition) is 3. The third kappa shape index (κ3) is 3.99. The molecule has 1 atom stereocenters. The Bertz CT molecular complexity index is 566. The lowest BCUT2D eigenvalue weighted by molar-refractivity contribution is 0.414. The van der Waals surface area contributed by atoms with Crippen molar-refractivity contribution in [1.82, 2.24) is 0 Å². The fraction of sp³-hybridized carbons (Fsp3) is 0.333. The fourth-order valence-corrected chi connectivity index (χ4v) is 2.35. The fourth-order valence-electron chi connectivity index (χ4n) is 2.35. The van der Waals surface area contributed by atoms with E-state index in [2.05, 4.69) is 55.3 Å². The third-order valence-electron chi connectivity index (χ3n) is 3.76. The maximum Gasteiger partial charge on any atom is 0.119 e. The first kappa shape index (κ1) is 15.4. The monoisotopic (exact) mass is 284 g/mol. The molecule has 0 saturated carbocycles. The molecule has 2 aromatic rings. The Morgan fingerprint density at radius 1 is 1.14 bits per heavy atom. The molecular formula is C18H24N2O. The molecule has 0 spiro atoms. The third-order valence-corrected chi connectivity index (χ3v) is 3.76. The molecule has 112 valence electrons. The summed E-state index contributed by atoms with van der Waals surface area (Å²) in [4.78, 5) is 2.22. The Labute approximate surface area is 127 Å². The van der Waals surface area contributed by atoms with Crippen LogP contribution in [0.1, 0.15) is 30.5 Å². The Morgan fingerprint density at radius 2 is 1.86 bits per heavy atom. The number of methoxy groups -OCH3 is 1. The van der Waals surface area contributed by atoms with Gasteiger partial charge in [-0.15, -0.1) is 0 Å². The molecular weight excluding hydrogens is 260 g/mol. The molecule has 0 aliphatic heterocycles. The molecule has 2 rings (SSSR count). The van der Waals surface area contributed by atoms with Crippen molar-refractivity contribution in [2.75, 3.05) is 19.1 Å². The molecule has 0 radical (unpaired) electrons. The Balaban J connectivity index is 2.07. The summed E-state index contributed by atoms with van der Waals surface area (Å²) in [5.74, 6) is 0.894. The van der Waals surface area contributed by atoms with Gasteiger partial charge in [-0.2, -0.15) is 0 Å². The first-order valence-electron chi connectivity index (χ1n) is 7.33. The zero-order chi connectivity index (χ0) is 15.2. The maximum atomic E-state index is 6.05. The van der Waals surface area contributed by atoms with Gasteiger partial charge in [0.2, 0.25) is 0 Å². The van der Waals surface area contributed by atoms with Gasteiger partial charge >= 0.3 is 0 Å². The van der Waals surface area contributed by atoms with Crippen molar-refractivity contribution in [3.05, 3.63) is 59.7 Å². The van der Waals surface area contributed by atoms with E-state index in [4.69, 9.17) is 10.5 Å². The van der Waals surface area contributed by atoms with E-state index < -0.39 is 0 Å². The Hall–Kier alpha value is -2.00. The molecule has 2 N–H and O–H groups in total. The molecule has 21 heavy (non-hydrogen) atoms. The largest absolute Gasteiger partial charge is 0.497 e. The number of anilines is 1. The van der Waals surface area contributed by atoms with E-state index in [0.717, 1.165) is 18.7 Å². The minimum atomic E-state index is 0.128. The zero-order valence-corrected chi connectivity index (χ0v) is 13.0. The zero-order valence-electron chi connectivity index (χ0n) is 13.0. The van der Waals surface area contributed by atoms with Gasteiger partial charge in [-0.3, -0.25) is 0 Å². The van der Waals surface area contributed by atoms with Crippen LogP contribution >= 0.6 is 0 Å². The van der Waals surface area contributed by atoms with E-state index in [1.54, 1.807) is 7.11 Å². The van der Waals surface area contributed by atoms with E-state index >= 15 is 0 Å². The first-order chi connectivity index (χ1) is 10.1. The van der Waals surface area contributed by atoms with Crippen LogP contribution < -0.4 is 15.4 Å². The van der Waals surface area contributed by atoms with Crippen molar-refractivity contribution in [1.29, 1.82) is 0 Å². The Morgan fingerprint density at radius 3 is 2.48 bits per heavy atom. The minimum Gasteiger partial charge on any atom is -0.497 e. The van der Waals surface area contributed by atoms with Gasteiger partial charge in [-0.25, -0.2) is 0 Å². The summed E-state index contributed by atoms with van der Waals surface area (Å²) >= 11 is 0. The SMILES string of the molecule is CC[C@@H](N)c1ccc(N(C)Cc2cccc(OC)c2)cc1. The van der Waals surface area contributed by atoms with Crippen LogP contribution in [-0.4, -0.2) is 14.2 Å². The van der Waals surface area contributed by atoms with E-state index in [9.17, 15) is 0 Å². The number of ether oxygens (including phenoxy) is 1. The molecule has 0 saturated heterocycles. The molecule has 0 fully saturated rings. The highest BCUT2D eigenvalue weighted by Crippen LogP contribution is 2.21. The average Bonchev–Trinajstić information content (AvgIpc) is 2.54. The van der Waals surface area contributed by atoms with E-state index in [0.29, 0.717) is 0 Å². The van der Waals surface area contributed by atoms with Gasteiger partial charge in [0, 0.05) is 25.3 Å². The van der Waals surface area contributed by atoms with Crippen molar-refractivity contribution in [2.45, 2.75) is 25.9 Å². The average molecular weight is 284 g/mol. The Kier molecular flexibility index (Phi) is 5.23. The van der Waals surface area contributed by atoms with Crippen LogP contribution in [0.25, 0.3) is 0 Å². The van der Waals surface area contributed by atoms with Crippen LogP contribution in [0.15, 0.2) is 48.5 Å². The molecule has 0 amide bonds. The summed E-state index contributed by atoms with van der Waals surface area (Å²) < 4.78 is 5.26. The van der Waals surface area contributed by atoms with Crippen LogP contribution in [-0.2, 0) is 6.54 Å². The molecule has 0 aromatic heterocycles. The van der Waals surface area contributed by atoms with E-state index in [1.807, 2.05) is 12.1 Å². The molecule has 0 aliphatic carbocycles. The van der Waals surface area contributed by atoms with Crippen LogP contribution in [0, 0.1) is 0 Å². The van der Waals surface area contributed by atoms with Crippen molar-refractivity contribution in [3.8, 4) is 5.75 Å². The predicted molar refractivity (Wildman–Crippen MR) is 88.8 cm³/mol. The predicted octanol–water partition coefficient (Wildman–Crippen LogP) is 3.74. The van der Waals surface area contributed by atoms with Gasteiger partial charge in [0.1, 0.15) is 5.75 Å². The van der Waals surface area contributed by atoms with Gasteiger partial charge in [-0.1, -0.05) is 31.2 Å². The second-order valence-corrected chi connectivity index (χ2v) is 5.31. The molecule has 0 aliphatic rings. The van der Waals surface area contributed by atoms with E-state index in [1.165, 1.54) is 16.8 Å². The van der Waals surface area contributed by atoms with Crippen molar-refractivity contribution in [3.63, 3.8) is 0 Å². The molecule has 3 heteroatoms. The van der Waals surface area contributed by atoms with E-state index in [-0.39, 0.29) is 6.04 Å². The summed E-state index contributed by atoms with van der Waals surface area (Å²) in [5.41, 5.74) is 9.65. The maximum absolute atomic E-state index is 6.05. The topological polar surface area (TPSA) is 38.5 Å². The summed E-state index contributed by atoms with van der Waals surface area (Å²) in [6, 6.07) is 16.8. The van der Waals surface area contributed by atoms with Gasteiger partial charge in [0.05, 0.1) is 7.11 Å². The normalized spacial score (nSPS) is 12.0. The van der Waals surface area contributed by atoms with Crippen molar-refractivity contribution in [2.24, 2.45) is 5.73 Å². The second-order valence-electron chi connectivity index (χ2n) is 5.31. The molecule has 3 nitrogen and oxygen atoms in total. The number of hydrogen-bond donors (Lipinski definition) is 1. The van der Waals surface area contributed by atoms with Crippen LogP contribution in [0.4, 0.5) is 5.69 Å². The smallest absolute Gasteiger partial charge is 0.119 e. The minimum absolute atomic E-state index is 0.128. The highest BCUT2D eigenvalue weighted by Gasteiger charge is 2.06. The van der Waals surface area contributed by atoms with Crippen LogP contribution in [0.2, 0.25) is 0 Å². The second kappa shape index (κ2) is 7.14. The lowest BCUT2D eigenvalue weighted by Gasteiger charge is -2.20. The van der Waals surface area contributed by atoms with Gasteiger partial charge in [0.15, 0.2) is 0 Å². The lowest BCUT2D eigenvalue weighted by Crippen LogP contribution is -2.16. The lowest BCUT2D eigenvalue weighted by atomic mass is 10.1. The molecule has 2 aromatic carbocycles. The van der Waals surface area contributed by atoms with Gasteiger partial charge in [0.25, 0.3) is 0 Å². The van der Waals surface area contributed by atoms with Crippen molar-refractivity contribution >= 4 is 5.69 Å². The first-order valence-corrected chi connectivity index (χ1v) is 7.33. The molecule has 0 heterocycles. The van der Waals surface area contributed by atoms with Crippen molar-refractivity contribution < 1.29 is 4.74 Å². The number of nitrogens with zero attached hydrogens (tertiary/aromatic N) is 1. The highest BCUT2D eigenvalue weighted by atomic mass is 16.5. The standard InChI is InChI=1S/C18H24N2O/c1-4-18(19)15-8-10-16(11-9-15)20(2)13-14-6-5-7-17(12-14)21-3/h5-12,18H,4,13,19H2,1-3H3/t18-/m1/s1. The molecule has 0 bridgehead atoms. The summed E-state index contributed by atoms with van der Waals surface area (Å²) in [6.45, 7) is 2.95. The summed E-state index contributed by atoms with van der Waals surface area (Å²) in [5, 5.41) is 0. The number of nitrogens with two attached hydrogens (primary N) is 1. The summed E-state index contributed by atoms with van der Waals surface area (Å²) in [7, 11) is 3.78.